The summed E-state index contributed by atoms with van der Waals surface area (Å²) in [4.78, 5) is 0. The predicted octanol–water partition coefficient (Wildman–Crippen LogP) is 1.48. The molecular weight excluding hydrogens is 162 g/mol. The lowest BCUT2D eigenvalue weighted by molar-refractivity contribution is 0.916. The molecule has 1 aliphatic heterocycles. The van der Waals surface area contributed by atoms with E-state index < -0.39 is 0 Å². The van der Waals surface area contributed by atoms with Gasteiger partial charge in [0, 0.05) is 13.0 Å². The van der Waals surface area contributed by atoms with Gasteiger partial charge in [-0.2, -0.15) is 5.10 Å². The summed E-state index contributed by atoms with van der Waals surface area (Å²) < 4.78 is 0. The summed E-state index contributed by atoms with van der Waals surface area (Å²) >= 11 is 0. The lowest BCUT2D eigenvalue weighted by Crippen LogP contribution is -2.12. The number of para-hydroxylation sites is 1. The lowest BCUT2D eigenvalue weighted by atomic mass is 10.2. The number of hydrazone groups is 1. The van der Waals surface area contributed by atoms with Gasteiger partial charge in [0.15, 0.2) is 0 Å². The van der Waals surface area contributed by atoms with Crippen molar-refractivity contribution < 1.29 is 0 Å². The van der Waals surface area contributed by atoms with Crippen LogP contribution in [0.1, 0.15) is 12.0 Å². The average Bonchev–Trinajstić information content (AvgIpc) is 2.53. The third-order valence-corrected chi connectivity index (χ3v) is 2.22. The van der Waals surface area contributed by atoms with Gasteiger partial charge in [-0.25, -0.2) is 0 Å². The summed E-state index contributed by atoms with van der Waals surface area (Å²) in [6.07, 6.45) is 0.869. The van der Waals surface area contributed by atoms with Crippen LogP contribution in [-0.4, -0.2) is 12.4 Å². The molecular formula is C10H13N3. The Kier molecular flexibility index (Phi) is 1.93. The number of benzene rings is 1. The fourth-order valence-electron chi connectivity index (χ4n) is 1.50. The molecule has 0 radical (unpaired) electrons. The Hall–Kier alpha value is -1.51. The first-order valence-electron chi connectivity index (χ1n) is 4.43. The van der Waals surface area contributed by atoms with Gasteiger partial charge >= 0.3 is 0 Å². The highest BCUT2D eigenvalue weighted by Crippen LogP contribution is 2.21. The number of hydrogen-bond donors (Lipinski definition) is 1. The van der Waals surface area contributed by atoms with Crippen LogP contribution in [0.3, 0.4) is 0 Å². The highest BCUT2D eigenvalue weighted by atomic mass is 15.5. The van der Waals surface area contributed by atoms with Crippen LogP contribution in [0.15, 0.2) is 29.4 Å². The molecule has 0 saturated carbocycles. The van der Waals surface area contributed by atoms with Gasteiger partial charge in [-0.15, -0.1) is 0 Å². The molecule has 0 saturated heterocycles. The van der Waals surface area contributed by atoms with E-state index in [1.807, 2.05) is 17.1 Å². The van der Waals surface area contributed by atoms with Gasteiger partial charge < -0.3 is 5.73 Å². The van der Waals surface area contributed by atoms with E-state index in [1.54, 1.807) is 0 Å². The molecule has 3 heteroatoms. The molecule has 0 unspecified atom stereocenters. The van der Waals surface area contributed by atoms with Crippen LogP contribution < -0.4 is 10.7 Å². The number of hydrogen-bond acceptors (Lipinski definition) is 3. The van der Waals surface area contributed by atoms with E-state index in [2.05, 4.69) is 24.2 Å². The molecule has 2 N–H and O–H groups in total. The zero-order chi connectivity index (χ0) is 9.26. The molecule has 68 valence electrons. The van der Waals surface area contributed by atoms with Gasteiger partial charge in [-0.3, -0.25) is 5.01 Å². The van der Waals surface area contributed by atoms with Crippen molar-refractivity contribution >= 4 is 11.5 Å². The molecule has 0 atom stereocenters. The van der Waals surface area contributed by atoms with Gasteiger partial charge in [0.2, 0.25) is 0 Å². The van der Waals surface area contributed by atoms with E-state index in [0.717, 1.165) is 24.5 Å². The molecule has 0 bridgehead atoms. The van der Waals surface area contributed by atoms with Crippen LogP contribution in [0, 0.1) is 6.92 Å². The zero-order valence-electron chi connectivity index (χ0n) is 7.70. The molecule has 3 nitrogen and oxygen atoms in total. The third kappa shape index (κ3) is 1.49. The van der Waals surface area contributed by atoms with Crippen molar-refractivity contribution in [3.63, 3.8) is 0 Å². The minimum absolute atomic E-state index is 0.725. The Morgan fingerprint density at radius 2 is 2.15 bits per heavy atom. The largest absolute Gasteiger partial charge is 0.386 e. The smallest absolute Gasteiger partial charge is 0.122 e. The van der Waals surface area contributed by atoms with E-state index in [-0.39, 0.29) is 0 Å². The number of nitrogens with two attached hydrogens (primary N) is 1. The first-order valence-corrected chi connectivity index (χ1v) is 4.43. The summed E-state index contributed by atoms with van der Waals surface area (Å²) in [5.74, 6) is 0.725. The Morgan fingerprint density at radius 3 is 2.77 bits per heavy atom. The van der Waals surface area contributed by atoms with Gasteiger partial charge in [0.05, 0.1) is 5.69 Å². The molecule has 0 spiro atoms. The van der Waals surface area contributed by atoms with Crippen LogP contribution in [0.25, 0.3) is 0 Å². The van der Waals surface area contributed by atoms with E-state index in [4.69, 9.17) is 5.73 Å². The molecule has 1 heterocycles. The molecule has 0 amide bonds. The molecule has 2 rings (SSSR count). The quantitative estimate of drug-likeness (QED) is 0.702. The van der Waals surface area contributed by atoms with Crippen LogP contribution in [0.4, 0.5) is 5.69 Å². The van der Waals surface area contributed by atoms with Gasteiger partial charge in [0.1, 0.15) is 5.84 Å². The lowest BCUT2D eigenvalue weighted by Gasteiger charge is -2.15. The van der Waals surface area contributed by atoms with Crippen LogP contribution in [-0.2, 0) is 0 Å². The van der Waals surface area contributed by atoms with Crippen LogP contribution in [0.5, 0.6) is 0 Å². The first-order chi connectivity index (χ1) is 6.27. The summed E-state index contributed by atoms with van der Waals surface area (Å²) in [5, 5.41) is 6.21. The first kappa shape index (κ1) is 8.10. The van der Waals surface area contributed by atoms with Crippen molar-refractivity contribution in [3.05, 3.63) is 29.8 Å². The van der Waals surface area contributed by atoms with Crippen LogP contribution in [0.2, 0.25) is 0 Å². The molecule has 0 aliphatic carbocycles. The van der Waals surface area contributed by atoms with E-state index in [9.17, 15) is 0 Å². The maximum absolute atomic E-state index is 5.62. The topological polar surface area (TPSA) is 41.6 Å². The normalized spacial score (nSPS) is 16.1. The van der Waals surface area contributed by atoms with Crippen molar-refractivity contribution in [2.45, 2.75) is 13.3 Å². The Bertz CT molecular complexity index is 344. The summed E-state index contributed by atoms with van der Waals surface area (Å²) in [6.45, 7) is 2.98. The molecule has 1 aromatic rings. The van der Waals surface area contributed by atoms with Crippen molar-refractivity contribution in [2.75, 3.05) is 11.6 Å². The maximum Gasteiger partial charge on any atom is 0.122 e. The minimum Gasteiger partial charge on any atom is -0.386 e. The van der Waals surface area contributed by atoms with E-state index in [0.29, 0.717) is 0 Å². The molecule has 1 aliphatic rings. The monoisotopic (exact) mass is 175 g/mol. The van der Waals surface area contributed by atoms with Crippen LogP contribution >= 0.6 is 0 Å². The summed E-state index contributed by atoms with van der Waals surface area (Å²) in [7, 11) is 0. The molecule has 1 aromatic carbocycles. The SMILES string of the molecule is Cc1ccccc1N1CCC(N)=N1. The number of nitrogens with zero attached hydrogens (tertiary/aromatic N) is 2. The second-order valence-corrected chi connectivity index (χ2v) is 3.25. The van der Waals surface area contributed by atoms with Crippen molar-refractivity contribution in [1.29, 1.82) is 0 Å². The minimum atomic E-state index is 0.725. The standard InChI is InChI=1S/C10H13N3/c1-8-4-2-3-5-9(8)13-7-6-10(11)12-13/h2-5H,6-7H2,1H3,(H2,11,12). The second-order valence-electron chi connectivity index (χ2n) is 3.25. The Balaban J connectivity index is 2.31. The predicted molar refractivity (Wildman–Crippen MR) is 54.8 cm³/mol. The van der Waals surface area contributed by atoms with Crippen molar-refractivity contribution in [3.8, 4) is 0 Å². The second kappa shape index (κ2) is 3.09. The van der Waals surface area contributed by atoms with E-state index in [1.165, 1.54) is 5.56 Å². The zero-order valence-corrected chi connectivity index (χ0v) is 7.70. The fourth-order valence-corrected chi connectivity index (χ4v) is 1.50. The summed E-state index contributed by atoms with van der Waals surface area (Å²) in [5.41, 5.74) is 8.01. The molecule has 0 fully saturated rings. The molecule has 0 aromatic heterocycles. The highest BCUT2D eigenvalue weighted by molar-refractivity contribution is 5.84. The third-order valence-electron chi connectivity index (χ3n) is 2.22. The van der Waals surface area contributed by atoms with Gasteiger partial charge in [-0.05, 0) is 18.6 Å². The molecule has 13 heavy (non-hydrogen) atoms. The number of amidine groups is 1. The van der Waals surface area contributed by atoms with Crippen molar-refractivity contribution in [2.24, 2.45) is 10.8 Å². The summed E-state index contributed by atoms with van der Waals surface area (Å²) in [6, 6.07) is 8.20. The fraction of sp³-hybridized carbons (Fsp3) is 0.300. The highest BCUT2D eigenvalue weighted by Gasteiger charge is 2.14. The van der Waals surface area contributed by atoms with Gasteiger partial charge in [0.25, 0.3) is 0 Å². The Morgan fingerprint density at radius 1 is 1.38 bits per heavy atom. The Labute approximate surface area is 77.9 Å². The number of rotatable bonds is 1. The maximum atomic E-state index is 5.62. The average molecular weight is 175 g/mol. The number of aryl methyl sites for hydroxylation is 1. The number of anilines is 1. The van der Waals surface area contributed by atoms with Crippen molar-refractivity contribution in [1.82, 2.24) is 0 Å². The van der Waals surface area contributed by atoms with E-state index >= 15 is 0 Å². The van der Waals surface area contributed by atoms with Gasteiger partial charge in [-0.1, -0.05) is 18.2 Å².